The second-order valence-electron chi connectivity index (χ2n) is 5.89. The molecule has 0 radical (unpaired) electrons. The van der Waals surface area contributed by atoms with Crippen molar-refractivity contribution < 1.29 is 4.42 Å². The zero-order valence-corrected chi connectivity index (χ0v) is 13.4. The van der Waals surface area contributed by atoms with Crippen molar-refractivity contribution >= 4 is 5.69 Å². The topological polar surface area (TPSA) is 41.3 Å². The fourth-order valence-corrected chi connectivity index (χ4v) is 2.21. The molecule has 114 valence electrons. The minimum Gasteiger partial charge on any atom is -0.469 e. The van der Waals surface area contributed by atoms with E-state index in [1.807, 2.05) is 25.3 Å². The van der Waals surface area contributed by atoms with E-state index in [-0.39, 0.29) is 0 Å². The van der Waals surface area contributed by atoms with Gasteiger partial charge in [0.1, 0.15) is 5.76 Å². The Morgan fingerprint density at radius 1 is 1.33 bits per heavy atom. The predicted molar refractivity (Wildman–Crippen MR) is 86.3 cm³/mol. The summed E-state index contributed by atoms with van der Waals surface area (Å²) in [6, 6.07) is 6.21. The number of anilines is 1. The first-order valence-corrected chi connectivity index (χ1v) is 7.46. The minimum absolute atomic E-state index is 0.653. The molecule has 4 nitrogen and oxygen atoms in total. The molecule has 0 aliphatic heterocycles. The summed E-state index contributed by atoms with van der Waals surface area (Å²) in [6.45, 7) is 9.07. The molecule has 0 saturated carbocycles. The van der Waals surface area contributed by atoms with Gasteiger partial charge in [-0.1, -0.05) is 13.8 Å². The van der Waals surface area contributed by atoms with Gasteiger partial charge in [0.15, 0.2) is 0 Å². The number of aryl methyl sites for hydroxylation is 1. The summed E-state index contributed by atoms with van der Waals surface area (Å²) in [7, 11) is 2.09. The molecule has 0 spiro atoms. The van der Waals surface area contributed by atoms with Crippen LogP contribution in [0.5, 0.6) is 0 Å². The van der Waals surface area contributed by atoms with Crippen molar-refractivity contribution in [2.24, 2.45) is 5.92 Å². The number of nitrogens with zero attached hydrogens (tertiary/aromatic N) is 2. The van der Waals surface area contributed by atoms with Crippen LogP contribution in [-0.2, 0) is 13.1 Å². The van der Waals surface area contributed by atoms with Gasteiger partial charge in [-0.2, -0.15) is 0 Å². The summed E-state index contributed by atoms with van der Waals surface area (Å²) in [5.41, 5.74) is 3.46. The normalized spacial score (nSPS) is 11.1. The van der Waals surface area contributed by atoms with Crippen LogP contribution in [0.25, 0.3) is 0 Å². The number of hydrogen-bond donors (Lipinski definition) is 1. The lowest BCUT2D eigenvalue weighted by Gasteiger charge is -2.19. The van der Waals surface area contributed by atoms with E-state index in [0.717, 1.165) is 31.1 Å². The average molecular weight is 287 g/mol. The molecule has 1 N–H and O–H groups in total. The number of pyridine rings is 1. The van der Waals surface area contributed by atoms with Gasteiger partial charge < -0.3 is 14.6 Å². The highest BCUT2D eigenvalue weighted by Crippen LogP contribution is 2.18. The smallest absolute Gasteiger partial charge is 0.105 e. The highest BCUT2D eigenvalue weighted by atomic mass is 16.3. The van der Waals surface area contributed by atoms with E-state index in [2.05, 4.69) is 42.2 Å². The predicted octanol–water partition coefficient (Wildman–Crippen LogP) is 3.37. The van der Waals surface area contributed by atoms with Crippen molar-refractivity contribution in [3.8, 4) is 0 Å². The number of nitrogens with one attached hydrogen (secondary N) is 1. The lowest BCUT2D eigenvalue weighted by atomic mass is 10.2. The van der Waals surface area contributed by atoms with Gasteiger partial charge in [0.2, 0.25) is 0 Å². The Balaban J connectivity index is 1.97. The SMILES string of the molecule is Cc1occc1CN(C)c1ccnc(CNCC(C)C)c1. The van der Waals surface area contributed by atoms with Gasteiger partial charge in [0.05, 0.1) is 12.0 Å². The fraction of sp³-hybridized carbons (Fsp3) is 0.471. The van der Waals surface area contributed by atoms with Crippen LogP contribution in [-0.4, -0.2) is 18.6 Å². The van der Waals surface area contributed by atoms with Crippen LogP contribution in [0.3, 0.4) is 0 Å². The third-order valence-corrected chi connectivity index (χ3v) is 3.47. The summed E-state index contributed by atoms with van der Waals surface area (Å²) < 4.78 is 5.35. The molecular formula is C17H25N3O. The minimum atomic E-state index is 0.653. The molecule has 2 aromatic rings. The molecule has 0 bridgehead atoms. The highest BCUT2D eigenvalue weighted by molar-refractivity contribution is 5.46. The Kier molecular flexibility index (Phi) is 5.39. The van der Waals surface area contributed by atoms with Crippen LogP contribution >= 0.6 is 0 Å². The lowest BCUT2D eigenvalue weighted by molar-refractivity contribution is 0.529. The molecule has 2 rings (SSSR count). The average Bonchev–Trinajstić information content (AvgIpc) is 2.84. The van der Waals surface area contributed by atoms with Crippen LogP contribution in [0.2, 0.25) is 0 Å². The van der Waals surface area contributed by atoms with Crippen molar-refractivity contribution in [3.05, 3.63) is 47.7 Å². The first kappa shape index (κ1) is 15.6. The van der Waals surface area contributed by atoms with Crippen molar-refractivity contribution in [3.63, 3.8) is 0 Å². The highest BCUT2D eigenvalue weighted by Gasteiger charge is 2.07. The monoisotopic (exact) mass is 287 g/mol. The van der Waals surface area contributed by atoms with Gasteiger partial charge in [-0.3, -0.25) is 4.98 Å². The third-order valence-electron chi connectivity index (χ3n) is 3.47. The summed E-state index contributed by atoms with van der Waals surface area (Å²) in [5, 5.41) is 3.43. The zero-order valence-electron chi connectivity index (χ0n) is 13.4. The Hall–Kier alpha value is -1.81. The maximum atomic E-state index is 5.35. The molecule has 0 fully saturated rings. The van der Waals surface area contributed by atoms with E-state index in [1.54, 1.807) is 6.26 Å². The Bertz CT molecular complexity index is 563. The van der Waals surface area contributed by atoms with E-state index < -0.39 is 0 Å². The first-order chi connectivity index (χ1) is 10.1. The zero-order chi connectivity index (χ0) is 15.2. The van der Waals surface area contributed by atoms with Crippen LogP contribution in [0.15, 0.2) is 35.1 Å². The van der Waals surface area contributed by atoms with E-state index in [1.165, 1.54) is 11.3 Å². The Morgan fingerprint density at radius 2 is 2.14 bits per heavy atom. The maximum absolute atomic E-state index is 5.35. The molecular weight excluding hydrogens is 262 g/mol. The maximum Gasteiger partial charge on any atom is 0.105 e. The summed E-state index contributed by atoms with van der Waals surface area (Å²) in [5.74, 6) is 1.63. The van der Waals surface area contributed by atoms with Gasteiger partial charge in [-0.05, 0) is 37.6 Å². The van der Waals surface area contributed by atoms with Crippen molar-refractivity contribution in [1.82, 2.24) is 10.3 Å². The van der Waals surface area contributed by atoms with E-state index in [0.29, 0.717) is 5.92 Å². The molecule has 0 atom stereocenters. The largest absolute Gasteiger partial charge is 0.469 e. The van der Waals surface area contributed by atoms with Gasteiger partial charge in [0.25, 0.3) is 0 Å². The van der Waals surface area contributed by atoms with Gasteiger partial charge in [-0.15, -0.1) is 0 Å². The molecule has 21 heavy (non-hydrogen) atoms. The molecule has 0 amide bonds. The second kappa shape index (κ2) is 7.27. The molecule has 2 heterocycles. The van der Waals surface area contributed by atoms with E-state index in [9.17, 15) is 0 Å². The number of hydrogen-bond acceptors (Lipinski definition) is 4. The van der Waals surface area contributed by atoms with Gasteiger partial charge in [0, 0.05) is 37.6 Å². The number of aromatic nitrogens is 1. The van der Waals surface area contributed by atoms with Crippen LogP contribution < -0.4 is 10.2 Å². The first-order valence-electron chi connectivity index (χ1n) is 7.46. The molecule has 4 heteroatoms. The fourth-order valence-electron chi connectivity index (χ4n) is 2.21. The van der Waals surface area contributed by atoms with Crippen molar-refractivity contribution in [2.75, 3.05) is 18.5 Å². The lowest BCUT2D eigenvalue weighted by Crippen LogP contribution is -2.20. The van der Waals surface area contributed by atoms with Crippen LogP contribution in [0, 0.1) is 12.8 Å². The van der Waals surface area contributed by atoms with Gasteiger partial charge in [-0.25, -0.2) is 0 Å². The molecule has 2 aromatic heterocycles. The number of rotatable bonds is 7. The third kappa shape index (κ3) is 4.60. The summed E-state index contributed by atoms with van der Waals surface area (Å²) >= 11 is 0. The molecule has 0 aliphatic rings. The molecule has 0 unspecified atom stereocenters. The van der Waals surface area contributed by atoms with E-state index in [4.69, 9.17) is 4.42 Å². The van der Waals surface area contributed by atoms with Gasteiger partial charge >= 0.3 is 0 Å². The molecule has 0 saturated heterocycles. The van der Waals surface area contributed by atoms with E-state index >= 15 is 0 Å². The quantitative estimate of drug-likeness (QED) is 0.848. The van der Waals surface area contributed by atoms with Crippen LogP contribution in [0.4, 0.5) is 5.69 Å². The molecule has 0 aliphatic carbocycles. The van der Waals surface area contributed by atoms with Crippen molar-refractivity contribution in [1.29, 1.82) is 0 Å². The van der Waals surface area contributed by atoms with Crippen molar-refractivity contribution in [2.45, 2.75) is 33.9 Å². The summed E-state index contributed by atoms with van der Waals surface area (Å²) in [4.78, 5) is 6.64. The standard InChI is InChI=1S/C17H25N3O/c1-13(2)10-18-11-16-9-17(5-7-19-16)20(4)12-15-6-8-21-14(15)3/h5-9,13,18H,10-12H2,1-4H3. The molecule has 0 aromatic carbocycles. The van der Waals surface area contributed by atoms with Crippen LogP contribution in [0.1, 0.15) is 30.9 Å². The Morgan fingerprint density at radius 3 is 2.81 bits per heavy atom. The second-order valence-corrected chi connectivity index (χ2v) is 5.89. The Labute approximate surface area is 127 Å². The number of furan rings is 1. The summed E-state index contributed by atoms with van der Waals surface area (Å²) in [6.07, 6.45) is 3.62.